The van der Waals surface area contributed by atoms with Gasteiger partial charge in [0, 0.05) is 48.6 Å². The van der Waals surface area contributed by atoms with Gasteiger partial charge in [-0.05, 0) is 35.4 Å². The molecule has 0 radical (unpaired) electrons. The molecule has 0 amide bonds. The number of anilines is 1. The van der Waals surface area contributed by atoms with Crippen molar-refractivity contribution in [2.45, 2.75) is 0 Å². The molecule has 0 unspecified atom stereocenters. The average molecular weight is 300 g/mol. The van der Waals surface area contributed by atoms with Gasteiger partial charge in [-0.15, -0.1) is 0 Å². The summed E-state index contributed by atoms with van der Waals surface area (Å²) >= 11 is 0. The predicted molar refractivity (Wildman–Crippen MR) is 100 cm³/mol. The van der Waals surface area contributed by atoms with Gasteiger partial charge in [0.05, 0.1) is 0 Å². The molecule has 0 atom stereocenters. The first-order chi connectivity index (χ1) is 11.1. The Morgan fingerprint density at radius 3 is 2.26 bits per heavy atom. The molecular weight excluding hydrogens is 280 g/mol. The standard InChI is InChI=1S/C21H20N2/c1-22(2)17-8-6-7-15(13-17)16-11-12-19-18-9-4-5-10-20(18)23(3)21(19)14-16/h4-14H,1-3H3. The molecule has 1 aromatic heterocycles. The second-order valence-electron chi connectivity index (χ2n) is 6.25. The minimum Gasteiger partial charge on any atom is -0.378 e. The van der Waals surface area contributed by atoms with E-state index in [-0.39, 0.29) is 0 Å². The normalized spacial score (nSPS) is 11.3. The Kier molecular flexibility index (Phi) is 3.12. The third kappa shape index (κ3) is 2.18. The monoisotopic (exact) mass is 300 g/mol. The van der Waals surface area contributed by atoms with Crippen LogP contribution in [0.4, 0.5) is 5.69 Å². The molecular formula is C21H20N2. The number of aromatic nitrogens is 1. The van der Waals surface area contributed by atoms with Gasteiger partial charge in [-0.2, -0.15) is 0 Å². The van der Waals surface area contributed by atoms with E-state index in [0.29, 0.717) is 0 Å². The molecule has 1 heterocycles. The van der Waals surface area contributed by atoms with Gasteiger partial charge in [-0.3, -0.25) is 0 Å². The highest BCUT2D eigenvalue weighted by molar-refractivity contribution is 6.08. The minimum atomic E-state index is 1.22. The van der Waals surface area contributed by atoms with E-state index in [1.165, 1.54) is 38.6 Å². The van der Waals surface area contributed by atoms with Crippen LogP contribution in [0.3, 0.4) is 0 Å². The van der Waals surface area contributed by atoms with E-state index in [0.717, 1.165) is 0 Å². The molecule has 0 bridgehead atoms. The molecule has 0 spiro atoms. The Hall–Kier alpha value is -2.74. The summed E-state index contributed by atoms with van der Waals surface area (Å²) in [6.07, 6.45) is 0. The molecule has 4 rings (SSSR count). The fourth-order valence-corrected chi connectivity index (χ4v) is 3.30. The van der Waals surface area contributed by atoms with E-state index in [2.05, 4.69) is 97.3 Å². The zero-order valence-corrected chi connectivity index (χ0v) is 13.7. The zero-order valence-electron chi connectivity index (χ0n) is 13.7. The summed E-state index contributed by atoms with van der Waals surface area (Å²) in [5.41, 5.74) is 6.29. The van der Waals surface area contributed by atoms with Crippen LogP contribution in [-0.4, -0.2) is 18.7 Å². The van der Waals surface area contributed by atoms with Crippen LogP contribution < -0.4 is 4.90 Å². The molecule has 2 heteroatoms. The van der Waals surface area contributed by atoms with Crippen molar-refractivity contribution in [2.24, 2.45) is 7.05 Å². The summed E-state index contributed by atoms with van der Waals surface area (Å²) in [6.45, 7) is 0. The first-order valence-electron chi connectivity index (χ1n) is 7.90. The Morgan fingerprint density at radius 2 is 1.43 bits per heavy atom. The molecule has 2 nitrogen and oxygen atoms in total. The van der Waals surface area contributed by atoms with Crippen LogP contribution in [0.2, 0.25) is 0 Å². The van der Waals surface area contributed by atoms with Crippen LogP contribution in [0, 0.1) is 0 Å². The fraction of sp³-hybridized carbons (Fsp3) is 0.143. The van der Waals surface area contributed by atoms with Crippen molar-refractivity contribution >= 4 is 27.5 Å². The van der Waals surface area contributed by atoms with Crippen LogP contribution in [0.15, 0.2) is 66.7 Å². The molecule has 0 N–H and O–H groups in total. The lowest BCUT2D eigenvalue weighted by molar-refractivity contribution is 1.01. The number of hydrogen-bond donors (Lipinski definition) is 0. The Bertz CT molecular complexity index is 1010. The van der Waals surface area contributed by atoms with Gasteiger partial charge in [-0.25, -0.2) is 0 Å². The van der Waals surface area contributed by atoms with Gasteiger partial charge in [0.1, 0.15) is 0 Å². The molecule has 4 aromatic rings. The van der Waals surface area contributed by atoms with Crippen LogP contribution in [0.25, 0.3) is 32.9 Å². The number of benzene rings is 3. The summed E-state index contributed by atoms with van der Waals surface area (Å²) in [4.78, 5) is 2.14. The number of para-hydroxylation sites is 1. The highest BCUT2D eigenvalue weighted by atomic mass is 15.1. The third-order valence-electron chi connectivity index (χ3n) is 4.61. The van der Waals surface area contributed by atoms with Crippen molar-refractivity contribution in [3.8, 4) is 11.1 Å². The number of fused-ring (bicyclic) bond motifs is 3. The van der Waals surface area contributed by atoms with Crippen LogP contribution in [-0.2, 0) is 7.05 Å². The van der Waals surface area contributed by atoms with Gasteiger partial charge in [0.2, 0.25) is 0 Å². The largest absolute Gasteiger partial charge is 0.378 e. The van der Waals surface area contributed by atoms with E-state index >= 15 is 0 Å². The second-order valence-corrected chi connectivity index (χ2v) is 6.25. The maximum atomic E-state index is 2.30. The van der Waals surface area contributed by atoms with Crippen molar-refractivity contribution in [3.05, 3.63) is 66.7 Å². The predicted octanol–water partition coefficient (Wildman–Crippen LogP) is 5.06. The number of rotatable bonds is 2. The minimum absolute atomic E-state index is 1.22. The number of aryl methyl sites for hydroxylation is 1. The van der Waals surface area contributed by atoms with Gasteiger partial charge >= 0.3 is 0 Å². The second kappa shape index (κ2) is 5.17. The van der Waals surface area contributed by atoms with E-state index < -0.39 is 0 Å². The summed E-state index contributed by atoms with van der Waals surface area (Å²) in [5.74, 6) is 0. The molecule has 0 aliphatic heterocycles. The molecule has 0 aliphatic rings. The first-order valence-corrected chi connectivity index (χ1v) is 7.90. The van der Waals surface area contributed by atoms with E-state index in [4.69, 9.17) is 0 Å². The lowest BCUT2D eigenvalue weighted by Crippen LogP contribution is -2.08. The first kappa shape index (κ1) is 13.9. The van der Waals surface area contributed by atoms with Crippen molar-refractivity contribution in [2.75, 3.05) is 19.0 Å². The SMILES string of the molecule is CN(C)c1cccc(-c2ccc3c4ccccc4n(C)c3c2)c1. The summed E-state index contributed by atoms with van der Waals surface area (Å²) in [5, 5.41) is 2.63. The van der Waals surface area contributed by atoms with E-state index in [9.17, 15) is 0 Å². The van der Waals surface area contributed by atoms with Crippen molar-refractivity contribution < 1.29 is 0 Å². The Balaban J connectivity index is 1.94. The highest BCUT2D eigenvalue weighted by Gasteiger charge is 2.09. The lowest BCUT2D eigenvalue weighted by Gasteiger charge is -2.13. The lowest BCUT2D eigenvalue weighted by atomic mass is 10.0. The van der Waals surface area contributed by atoms with Crippen molar-refractivity contribution in [3.63, 3.8) is 0 Å². The smallest absolute Gasteiger partial charge is 0.0494 e. The molecule has 114 valence electrons. The summed E-state index contributed by atoms with van der Waals surface area (Å²) in [7, 11) is 6.29. The van der Waals surface area contributed by atoms with Crippen molar-refractivity contribution in [1.82, 2.24) is 4.57 Å². The Labute approximate surface area is 136 Å². The molecule has 0 saturated carbocycles. The fourth-order valence-electron chi connectivity index (χ4n) is 3.30. The molecule has 0 saturated heterocycles. The summed E-state index contributed by atoms with van der Waals surface area (Å²) in [6, 6.07) is 24.0. The topological polar surface area (TPSA) is 8.17 Å². The van der Waals surface area contributed by atoms with E-state index in [1.807, 2.05) is 0 Å². The quantitative estimate of drug-likeness (QED) is 0.502. The Morgan fingerprint density at radius 1 is 0.696 bits per heavy atom. The van der Waals surface area contributed by atoms with E-state index in [1.54, 1.807) is 0 Å². The number of hydrogen-bond acceptors (Lipinski definition) is 1. The van der Waals surface area contributed by atoms with Crippen molar-refractivity contribution in [1.29, 1.82) is 0 Å². The zero-order chi connectivity index (χ0) is 16.0. The summed E-state index contributed by atoms with van der Waals surface area (Å²) < 4.78 is 2.28. The number of nitrogens with zero attached hydrogens (tertiary/aromatic N) is 2. The molecule has 0 aliphatic carbocycles. The highest BCUT2D eigenvalue weighted by Crippen LogP contribution is 2.32. The third-order valence-corrected chi connectivity index (χ3v) is 4.61. The van der Waals surface area contributed by atoms with Crippen LogP contribution >= 0.6 is 0 Å². The van der Waals surface area contributed by atoms with Gasteiger partial charge < -0.3 is 9.47 Å². The molecule has 23 heavy (non-hydrogen) atoms. The van der Waals surface area contributed by atoms with Gasteiger partial charge in [0.25, 0.3) is 0 Å². The molecule has 0 fully saturated rings. The van der Waals surface area contributed by atoms with Crippen LogP contribution in [0.1, 0.15) is 0 Å². The van der Waals surface area contributed by atoms with Gasteiger partial charge in [0.15, 0.2) is 0 Å². The molecule has 3 aromatic carbocycles. The van der Waals surface area contributed by atoms with Gasteiger partial charge in [-0.1, -0.05) is 42.5 Å². The maximum absolute atomic E-state index is 2.30. The maximum Gasteiger partial charge on any atom is 0.0494 e. The average Bonchev–Trinajstić information content (AvgIpc) is 2.88. The van der Waals surface area contributed by atoms with Crippen LogP contribution in [0.5, 0.6) is 0 Å².